The maximum absolute atomic E-state index is 12.7. The Morgan fingerprint density at radius 1 is 1.07 bits per heavy atom. The maximum atomic E-state index is 12.7. The van der Waals surface area contributed by atoms with E-state index in [1.165, 1.54) is 16.7 Å². The smallest absolute Gasteiger partial charge is 0.224 e. The number of ether oxygens (including phenoxy) is 1. The summed E-state index contributed by atoms with van der Waals surface area (Å²) in [6.45, 7) is 17.6. The van der Waals surface area contributed by atoms with Crippen LogP contribution in [-0.4, -0.2) is 12.5 Å². The fourth-order valence-corrected chi connectivity index (χ4v) is 4.23. The number of benzene rings is 2. The molecule has 0 saturated heterocycles. The molecule has 156 valence electrons. The van der Waals surface area contributed by atoms with Crippen LogP contribution in [0.25, 0.3) is 0 Å². The highest BCUT2D eigenvalue weighted by molar-refractivity contribution is 5.93. The minimum absolute atomic E-state index is 0.0402. The van der Waals surface area contributed by atoms with Gasteiger partial charge in [-0.05, 0) is 59.9 Å². The van der Waals surface area contributed by atoms with Gasteiger partial charge in [-0.25, -0.2) is 0 Å². The number of hydrogen-bond donors (Lipinski definition) is 1. The van der Waals surface area contributed by atoms with E-state index in [4.69, 9.17) is 4.74 Å². The minimum Gasteiger partial charge on any atom is -0.492 e. The van der Waals surface area contributed by atoms with Crippen LogP contribution in [0, 0.1) is 26.2 Å². The Morgan fingerprint density at radius 2 is 1.69 bits per heavy atom. The van der Waals surface area contributed by atoms with Crippen LogP contribution >= 0.6 is 0 Å². The molecule has 0 bridgehead atoms. The van der Waals surface area contributed by atoms with Crippen molar-refractivity contribution < 1.29 is 9.53 Å². The van der Waals surface area contributed by atoms with Crippen LogP contribution in [-0.2, 0) is 4.79 Å². The Kier molecular flexibility index (Phi) is 5.80. The minimum atomic E-state index is -0.0402. The van der Waals surface area contributed by atoms with Crippen LogP contribution < -0.4 is 10.1 Å². The van der Waals surface area contributed by atoms with Gasteiger partial charge in [0.05, 0.1) is 6.61 Å². The van der Waals surface area contributed by atoms with E-state index in [0.29, 0.717) is 18.9 Å². The largest absolute Gasteiger partial charge is 0.492 e. The van der Waals surface area contributed by atoms with Crippen LogP contribution in [0.15, 0.2) is 24.3 Å². The molecule has 29 heavy (non-hydrogen) atoms. The maximum Gasteiger partial charge on any atom is 0.224 e. The zero-order valence-electron chi connectivity index (χ0n) is 19.2. The van der Waals surface area contributed by atoms with Crippen molar-refractivity contribution in [2.24, 2.45) is 5.41 Å². The molecular weight excluding hydrogens is 358 g/mol. The molecule has 0 aromatic heterocycles. The van der Waals surface area contributed by atoms with E-state index in [1.54, 1.807) is 0 Å². The third kappa shape index (κ3) is 4.34. The Morgan fingerprint density at radius 3 is 2.24 bits per heavy atom. The van der Waals surface area contributed by atoms with E-state index in [2.05, 4.69) is 85.0 Å². The summed E-state index contributed by atoms with van der Waals surface area (Å²) in [5.41, 5.74) is 8.09. The van der Waals surface area contributed by atoms with Crippen molar-refractivity contribution in [1.82, 2.24) is 0 Å². The first-order valence-corrected chi connectivity index (χ1v) is 10.7. The van der Waals surface area contributed by atoms with Crippen LogP contribution in [0.3, 0.4) is 0 Å². The number of hydrogen-bond acceptors (Lipinski definition) is 2. The fourth-order valence-electron chi connectivity index (χ4n) is 4.23. The highest BCUT2D eigenvalue weighted by Crippen LogP contribution is 2.47. The molecule has 3 heteroatoms. The lowest BCUT2D eigenvalue weighted by Gasteiger charge is -2.22. The summed E-state index contributed by atoms with van der Waals surface area (Å²) >= 11 is 0. The Labute approximate surface area is 175 Å². The molecule has 1 amide bonds. The van der Waals surface area contributed by atoms with Gasteiger partial charge in [0.25, 0.3) is 0 Å². The first-order chi connectivity index (χ1) is 13.5. The molecule has 0 aliphatic carbocycles. The number of amides is 1. The zero-order valence-corrected chi connectivity index (χ0v) is 19.2. The second kappa shape index (κ2) is 7.85. The third-order valence-electron chi connectivity index (χ3n) is 6.01. The predicted octanol–water partition coefficient (Wildman–Crippen LogP) is 6.63. The van der Waals surface area contributed by atoms with E-state index in [9.17, 15) is 4.79 Å². The standard InChI is InChI=1S/C26H35NO2/c1-15(2)19-9-11-20(12-10-19)21-14-29-25-17(4)16(3)24(18(5)23(21)25)27-22(28)13-26(6,7)8/h9-12,15,21H,13-14H2,1-8H3,(H,27,28)/t21-/m1/s1. The average molecular weight is 394 g/mol. The summed E-state index contributed by atoms with van der Waals surface area (Å²) in [4.78, 5) is 12.7. The van der Waals surface area contributed by atoms with Crippen molar-refractivity contribution in [3.05, 3.63) is 57.6 Å². The highest BCUT2D eigenvalue weighted by atomic mass is 16.5. The summed E-state index contributed by atoms with van der Waals surface area (Å²) in [6, 6.07) is 8.90. The monoisotopic (exact) mass is 393 g/mol. The highest BCUT2D eigenvalue weighted by Gasteiger charge is 2.32. The van der Waals surface area contributed by atoms with E-state index in [1.807, 2.05) is 0 Å². The second-order valence-electron chi connectivity index (χ2n) is 9.96. The van der Waals surface area contributed by atoms with Crippen LogP contribution in [0.4, 0.5) is 5.69 Å². The molecule has 1 aliphatic heterocycles. The van der Waals surface area contributed by atoms with Crippen LogP contribution in [0.5, 0.6) is 5.75 Å². The summed E-state index contributed by atoms with van der Waals surface area (Å²) in [5.74, 6) is 1.78. The molecule has 3 rings (SSSR count). The normalized spacial score (nSPS) is 16.0. The molecule has 1 aliphatic rings. The summed E-state index contributed by atoms with van der Waals surface area (Å²) in [6.07, 6.45) is 0.499. The summed E-state index contributed by atoms with van der Waals surface area (Å²) < 4.78 is 6.16. The molecule has 0 spiro atoms. The van der Waals surface area contributed by atoms with Gasteiger partial charge in [0.1, 0.15) is 5.75 Å². The summed E-state index contributed by atoms with van der Waals surface area (Å²) in [5, 5.41) is 3.21. The molecule has 0 saturated carbocycles. The predicted molar refractivity (Wildman–Crippen MR) is 121 cm³/mol. The molecule has 0 fully saturated rings. The molecule has 3 nitrogen and oxygen atoms in total. The molecule has 0 radical (unpaired) electrons. The van der Waals surface area contributed by atoms with Gasteiger partial charge in [0, 0.05) is 23.6 Å². The molecule has 1 atom stereocenters. The van der Waals surface area contributed by atoms with Gasteiger partial charge in [-0.2, -0.15) is 0 Å². The average Bonchev–Trinajstić information content (AvgIpc) is 3.07. The van der Waals surface area contributed by atoms with E-state index in [-0.39, 0.29) is 17.2 Å². The van der Waals surface area contributed by atoms with Gasteiger partial charge in [0.2, 0.25) is 5.91 Å². The number of anilines is 1. The number of fused-ring (bicyclic) bond motifs is 1. The van der Waals surface area contributed by atoms with Crippen LogP contribution in [0.2, 0.25) is 0 Å². The van der Waals surface area contributed by atoms with Gasteiger partial charge < -0.3 is 10.1 Å². The second-order valence-corrected chi connectivity index (χ2v) is 9.96. The summed E-state index contributed by atoms with van der Waals surface area (Å²) in [7, 11) is 0. The Bertz CT molecular complexity index is 917. The van der Waals surface area contributed by atoms with Crippen molar-refractivity contribution >= 4 is 11.6 Å². The van der Waals surface area contributed by atoms with E-state index >= 15 is 0 Å². The lowest BCUT2D eigenvalue weighted by atomic mass is 9.85. The van der Waals surface area contributed by atoms with Gasteiger partial charge >= 0.3 is 0 Å². The Hall–Kier alpha value is -2.29. The van der Waals surface area contributed by atoms with Gasteiger partial charge in [-0.15, -0.1) is 0 Å². The van der Waals surface area contributed by atoms with Gasteiger partial charge in [-0.1, -0.05) is 58.9 Å². The number of carbonyl (C=O) groups is 1. The number of nitrogens with one attached hydrogen (secondary N) is 1. The third-order valence-corrected chi connectivity index (χ3v) is 6.01. The van der Waals surface area contributed by atoms with Crippen molar-refractivity contribution in [2.75, 3.05) is 11.9 Å². The van der Waals surface area contributed by atoms with Crippen molar-refractivity contribution in [3.63, 3.8) is 0 Å². The van der Waals surface area contributed by atoms with Gasteiger partial charge in [-0.3, -0.25) is 4.79 Å². The zero-order chi connectivity index (χ0) is 21.5. The number of rotatable bonds is 4. The van der Waals surface area contributed by atoms with Crippen molar-refractivity contribution in [2.45, 2.75) is 73.6 Å². The molecule has 1 N–H and O–H groups in total. The van der Waals surface area contributed by atoms with Gasteiger partial charge in [0.15, 0.2) is 0 Å². The lowest BCUT2D eigenvalue weighted by Crippen LogP contribution is -2.21. The lowest BCUT2D eigenvalue weighted by molar-refractivity contribution is -0.117. The quantitative estimate of drug-likeness (QED) is 0.633. The molecule has 2 aromatic rings. The van der Waals surface area contributed by atoms with E-state index < -0.39 is 0 Å². The fraction of sp³-hybridized carbons (Fsp3) is 0.500. The van der Waals surface area contributed by atoms with Crippen molar-refractivity contribution in [3.8, 4) is 5.75 Å². The molecule has 2 aromatic carbocycles. The molecular formula is C26H35NO2. The molecule has 0 unspecified atom stereocenters. The first-order valence-electron chi connectivity index (χ1n) is 10.7. The first kappa shape index (κ1) is 21.4. The molecule has 1 heterocycles. The van der Waals surface area contributed by atoms with E-state index in [0.717, 1.165) is 28.1 Å². The topological polar surface area (TPSA) is 38.3 Å². The Balaban J connectivity index is 2.00. The van der Waals surface area contributed by atoms with Crippen molar-refractivity contribution in [1.29, 1.82) is 0 Å². The number of carbonyl (C=O) groups excluding carboxylic acids is 1. The van der Waals surface area contributed by atoms with Crippen LogP contribution in [0.1, 0.15) is 86.3 Å². The SMILES string of the molecule is Cc1c(C)c2c(c(C)c1NC(=O)CC(C)(C)C)[C@@H](c1ccc(C(C)C)cc1)CO2.